The third-order valence-corrected chi connectivity index (χ3v) is 8.03. The van der Waals surface area contributed by atoms with Gasteiger partial charge in [-0.2, -0.15) is 0 Å². The monoisotopic (exact) mass is 513 g/mol. The number of aryl methyl sites for hydroxylation is 1. The molecule has 3 nitrogen and oxygen atoms in total. The maximum atomic E-state index is 12.8. The van der Waals surface area contributed by atoms with Gasteiger partial charge in [0, 0.05) is 9.27 Å². The third kappa shape index (κ3) is 6.09. The Balaban J connectivity index is 1.67. The number of hydrogen-bond acceptors (Lipinski definition) is 2. The van der Waals surface area contributed by atoms with E-state index in [4.69, 9.17) is 0 Å². The van der Waals surface area contributed by atoms with Crippen LogP contribution in [0, 0.1) is 15.4 Å². The summed E-state index contributed by atoms with van der Waals surface area (Å²) >= 11 is 2.27. The number of halogens is 1. The maximum absolute atomic E-state index is 12.8. The second kappa shape index (κ2) is 10.3. The van der Waals surface area contributed by atoms with Crippen LogP contribution in [0.2, 0.25) is 0 Å². The van der Waals surface area contributed by atoms with Crippen LogP contribution in [0.15, 0.2) is 47.7 Å². The lowest BCUT2D eigenvalue weighted by Gasteiger charge is -2.40. The summed E-state index contributed by atoms with van der Waals surface area (Å²) in [5.74, 6) is 1.11. The van der Waals surface area contributed by atoms with Crippen LogP contribution in [0.3, 0.4) is 0 Å². The van der Waals surface area contributed by atoms with Gasteiger partial charge in [0.05, 0.1) is 5.75 Å². The van der Waals surface area contributed by atoms with Gasteiger partial charge in [-0.15, -0.1) is 0 Å². The summed E-state index contributed by atoms with van der Waals surface area (Å²) in [4.78, 5) is 0. The summed E-state index contributed by atoms with van der Waals surface area (Å²) in [6.45, 7) is 2.21. The van der Waals surface area contributed by atoms with Gasteiger partial charge in [0.25, 0.3) is 0 Å². The summed E-state index contributed by atoms with van der Waals surface area (Å²) < 4.78 is 29.8. The van der Waals surface area contributed by atoms with Gasteiger partial charge < -0.3 is 0 Å². The van der Waals surface area contributed by atoms with E-state index < -0.39 is 10.0 Å². The molecule has 1 fully saturated rings. The normalized spacial score (nSPS) is 22.2. The first-order valence-corrected chi connectivity index (χ1v) is 13.3. The average molecular weight is 513 g/mol. The molecular weight excluding hydrogens is 481 g/mol. The lowest BCUT2D eigenvalue weighted by Crippen LogP contribution is -2.37. The van der Waals surface area contributed by atoms with E-state index in [1.807, 2.05) is 24.3 Å². The molecule has 4 rings (SSSR count). The molecule has 1 aromatic rings. The van der Waals surface area contributed by atoms with Gasteiger partial charge in [0.1, 0.15) is 0 Å². The van der Waals surface area contributed by atoms with Crippen molar-refractivity contribution >= 4 is 32.6 Å². The van der Waals surface area contributed by atoms with Crippen LogP contribution >= 0.6 is 22.6 Å². The summed E-state index contributed by atoms with van der Waals surface area (Å²) in [5, 5.41) is 0. The Morgan fingerprint density at radius 2 is 1.75 bits per heavy atom. The Morgan fingerprint density at radius 3 is 2.43 bits per heavy atom. The molecule has 0 spiro atoms. The fourth-order valence-corrected chi connectivity index (χ4v) is 6.01. The Bertz CT molecular complexity index is 804. The number of allylic oxidation sites excluding steroid dienone is 4. The van der Waals surface area contributed by atoms with Gasteiger partial charge in [-0.25, -0.2) is 8.42 Å². The molecule has 0 aliphatic heterocycles. The molecule has 1 N–H and O–H groups in total. The van der Waals surface area contributed by atoms with Crippen molar-refractivity contribution in [2.75, 3.05) is 5.75 Å². The van der Waals surface area contributed by atoms with E-state index >= 15 is 0 Å². The van der Waals surface area contributed by atoms with E-state index in [1.165, 1.54) is 34.8 Å². The van der Waals surface area contributed by atoms with Crippen LogP contribution in [-0.2, 0) is 16.4 Å². The molecule has 0 heterocycles. The van der Waals surface area contributed by atoms with Gasteiger partial charge in [-0.05, 0) is 103 Å². The molecule has 5 heteroatoms. The summed E-state index contributed by atoms with van der Waals surface area (Å²) in [6, 6.07) is 8.10. The number of sulfonamides is 1. The molecule has 0 amide bonds. The first-order chi connectivity index (χ1) is 13.5. The molecule has 0 atom stereocenters. The molecule has 0 radical (unpaired) electrons. The summed E-state index contributed by atoms with van der Waals surface area (Å²) in [6.07, 6.45) is 14.2. The summed E-state index contributed by atoms with van der Waals surface area (Å²) in [7, 11) is -3.32. The fourth-order valence-electron chi connectivity index (χ4n) is 4.41. The van der Waals surface area contributed by atoms with Crippen molar-refractivity contribution < 1.29 is 8.42 Å². The topological polar surface area (TPSA) is 46.2 Å². The first kappa shape index (κ1) is 21.9. The van der Waals surface area contributed by atoms with Crippen LogP contribution in [0.1, 0.15) is 63.9 Å². The quantitative estimate of drug-likeness (QED) is 0.238. The second-order valence-electron chi connectivity index (χ2n) is 8.10. The SMILES string of the molecule is CCCCC=CCC1=C(NS(=O)(=O)CCc2ccc(I)cc2)C2CCC1CC2. The standard InChI is InChI=1S/C23H32INO2S/c1-2-3-4-5-6-7-22-19-10-12-20(13-11-19)23(22)25-28(26,27)17-16-18-8-14-21(24)15-9-18/h5-6,8-9,14-15,19-20,25H,2-4,7,10-13,16-17H2,1H3. The molecule has 0 unspecified atom stereocenters. The molecular formula is C23H32INO2S. The highest BCUT2D eigenvalue weighted by Gasteiger charge is 2.36. The van der Waals surface area contributed by atoms with Crippen molar-refractivity contribution in [3.8, 4) is 0 Å². The van der Waals surface area contributed by atoms with Crippen molar-refractivity contribution in [2.45, 2.75) is 64.7 Å². The number of hydrogen-bond donors (Lipinski definition) is 1. The van der Waals surface area contributed by atoms with Crippen molar-refractivity contribution in [3.05, 3.63) is 56.8 Å². The Kier molecular flexibility index (Phi) is 8.03. The minimum absolute atomic E-state index is 0.147. The number of nitrogens with one attached hydrogen (secondary N) is 1. The Labute approximate surface area is 184 Å². The zero-order valence-corrected chi connectivity index (χ0v) is 19.8. The minimum Gasteiger partial charge on any atom is -0.287 e. The highest BCUT2D eigenvalue weighted by molar-refractivity contribution is 14.1. The van der Waals surface area contributed by atoms with E-state index in [2.05, 4.69) is 46.4 Å². The summed E-state index contributed by atoms with van der Waals surface area (Å²) in [5.41, 5.74) is 3.46. The Hall–Kier alpha value is -0.820. The van der Waals surface area contributed by atoms with E-state index in [1.54, 1.807) is 0 Å². The predicted octanol–water partition coefficient (Wildman–Crippen LogP) is 5.96. The molecule has 28 heavy (non-hydrogen) atoms. The van der Waals surface area contributed by atoms with Crippen LogP contribution in [0.25, 0.3) is 0 Å². The maximum Gasteiger partial charge on any atom is 0.232 e. The Morgan fingerprint density at radius 1 is 1.07 bits per heavy atom. The molecule has 1 saturated carbocycles. The van der Waals surface area contributed by atoms with E-state index in [-0.39, 0.29) is 5.75 Å². The lowest BCUT2D eigenvalue weighted by atomic mass is 9.69. The van der Waals surface area contributed by atoms with Gasteiger partial charge in [-0.3, -0.25) is 4.72 Å². The van der Waals surface area contributed by atoms with E-state index in [0.29, 0.717) is 18.3 Å². The zero-order valence-electron chi connectivity index (χ0n) is 16.8. The number of unbranched alkanes of at least 4 members (excludes halogenated alkanes) is 2. The van der Waals surface area contributed by atoms with Crippen molar-refractivity contribution in [1.29, 1.82) is 0 Å². The number of fused-ring (bicyclic) bond motifs is 2. The number of rotatable bonds is 10. The zero-order chi connectivity index (χ0) is 20.0. The molecule has 0 aromatic heterocycles. The predicted molar refractivity (Wildman–Crippen MR) is 126 cm³/mol. The smallest absolute Gasteiger partial charge is 0.232 e. The van der Waals surface area contributed by atoms with Gasteiger partial charge in [0.15, 0.2) is 0 Å². The van der Waals surface area contributed by atoms with Gasteiger partial charge in [-0.1, -0.05) is 44.1 Å². The molecule has 154 valence electrons. The van der Waals surface area contributed by atoms with E-state index in [9.17, 15) is 8.42 Å². The third-order valence-electron chi connectivity index (χ3n) is 6.04. The van der Waals surface area contributed by atoms with Crippen molar-refractivity contribution in [3.63, 3.8) is 0 Å². The minimum atomic E-state index is -3.32. The second-order valence-corrected chi connectivity index (χ2v) is 11.2. The lowest BCUT2D eigenvalue weighted by molar-refractivity contribution is 0.284. The fraction of sp³-hybridized carbons (Fsp3) is 0.565. The van der Waals surface area contributed by atoms with Crippen molar-refractivity contribution in [1.82, 2.24) is 4.72 Å². The van der Waals surface area contributed by atoms with Crippen LogP contribution in [-0.4, -0.2) is 14.2 Å². The highest BCUT2D eigenvalue weighted by Crippen LogP contribution is 2.45. The van der Waals surface area contributed by atoms with Crippen molar-refractivity contribution in [2.24, 2.45) is 11.8 Å². The van der Waals surface area contributed by atoms with Crippen LogP contribution in [0.5, 0.6) is 0 Å². The van der Waals surface area contributed by atoms with Crippen LogP contribution < -0.4 is 4.72 Å². The number of benzene rings is 1. The van der Waals surface area contributed by atoms with Crippen LogP contribution in [0.4, 0.5) is 0 Å². The first-order valence-electron chi connectivity index (χ1n) is 10.6. The molecule has 0 saturated heterocycles. The van der Waals surface area contributed by atoms with Gasteiger partial charge in [0.2, 0.25) is 10.0 Å². The highest BCUT2D eigenvalue weighted by atomic mass is 127. The molecule has 1 aromatic carbocycles. The molecule has 3 aliphatic carbocycles. The largest absolute Gasteiger partial charge is 0.287 e. The van der Waals surface area contributed by atoms with Gasteiger partial charge >= 0.3 is 0 Å². The van der Waals surface area contributed by atoms with E-state index in [0.717, 1.165) is 36.9 Å². The average Bonchev–Trinajstić information content (AvgIpc) is 2.69. The molecule has 2 bridgehead atoms. The molecule has 3 aliphatic rings.